The Balaban J connectivity index is 2.49. The molecular weight excluding hydrogens is 278 g/mol. The Kier molecular flexibility index (Phi) is 7.22. The van der Waals surface area contributed by atoms with Crippen LogP contribution in [0.3, 0.4) is 0 Å². The molecule has 6 nitrogen and oxygen atoms in total. The summed E-state index contributed by atoms with van der Waals surface area (Å²) < 4.78 is 33.9. The predicted octanol–water partition coefficient (Wildman–Crippen LogP) is 0.840. The Labute approximate surface area is 121 Å². The van der Waals surface area contributed by atoms with E-state index in [4.69, 9.17) is 4.74 Å². The van der Waals surface area contributed by atoms with Crippen molar-refractivity contribution in [3.63, 3.8) is 0 Å². The van der Waals surface area contributed by atoms with Gasteiger partial charge in [-0.2, -0.15) is 0 Å². The maximum Gasteiger partial charge on any atom is 0.242 e. The van der Waals surface area contributed by atoms with Gasteiger partial charge in [0.15, 0.2) is 0 Å². The number of hydrogen-bond acceptors (Lipinski definition) is 4. The molecule has 0 fully saturated rings. The van der Waals surface area contributed by atoms with Crippen molar-refractivity contribution in [3.8, 4) is 0 Å². The van der Waals surface area contributed by atoms with Crippen molar-refractivity contribution in [1.29, 1.82) is 0 Å². The number of nitrogens with one attached hydrogen (secondary N) is 2. The summed E-state index contributed by atoms with van der Waals surface area (Å²) in [5, 5.41) is 3.01. The zero-order chi connectivity index (χ0) is 15.0. The molecule has 0 amide bonds. The Morgan fingerprint density at radius 1 is 1.35 bits per heavy atom. The molecular formula is C13H25N3O3S. The van der Waals surface area contributed by atoms with Crippen LogP contribution in [0.15, 0.2) is 17.2 Å². The predicted molar refractivity (Wildman–Crippen MR) is 79.1 cm³/mol. The third-order valence-corrected chi connectivity index (χ3v) is 4.29. The summed E-state index contributed by atoms with van der Waals surface area (Å²) in [6, 6.07) is 1.69. The van der Waals surface area contributed by atoms with E-state index in [1.807, 2.05) is 25.6 Å². The van der Waals surface area contributed by atoms with Crippen LogP contribution in [-0.2, 0) is 28.4 Å². The van der Waals surface area contributed by atoms with Gasteiger partial charge in [-0.3, -0.25) is 0 Å². The normalized spacial score (nSPS) is 11.9. The van der Waals surface area contributed by atoms with E-state index in [2.05, 4.69) is 10.0 Å². The lowest BCUT2D eigenvalue weighted by Crippen LogP contribution is -2.25. The van der Waals surface area contributed by atoms with Crippen LogP contribution in [0.25, 0.3) is 0 Å². The molecule has 1 aromatic heterocycles. The first-order valence-electron chi connectivity index (χ1n) is 6.88. The highest BCUT2D eigenvalue weighted by Crippen LogP contribution is 2.13. The minimum absolute atomic E-state index is 0.305. The van der Waals surface area contributed by atoms with Crippen LogP contribution in [0, 0.1) is 0 Å². The molecule has 0 bridgehead atoms. The van der Waals surface area contributed by atoms with Crippen molar-refractivity contribution in [2.24, 2.45) is 7.05 Å². The monoisotopic (exact) mass is 303 g/mol. The number of sulfonamides is 1. The topological polar surface area (TPSA) is 72.4 Å². The number of aryl methyl sites for hydroxylation is 1. The summed E-state index contributed by atoms with van der Waals surface area (Å²) >= 11 is 0. The Morgan fingerprint density at radius 3 is 2.75 bits per heavy atom. The number of ether oxygens (including phenoxy) is 1. The summed E-state index contributed by atoms with van der Waals surface area (Å²) in [4.78, 5) is 0.305. The molecule has 0 saturated heterocycles. The van der Waals surface area contributed by atoms with Crippen molar-refractivity contribution in [2.75, 3.05) is 26.8 Å². The zero-order valence-electron chi connectivity index (χ0n) is 12.5. The lowest BCUT2D eigenvalue weighted by Gasteiger charge is -2.05. The van der Waals surface area contributed by atoms with Gasteiger partial charge in [-0.1, -0.05) is 6.92 Å². The molecule has 1 rings (SSSR count). The lowest BCUT2D eigenvalue weighted by molar-refractivity contribution is 0.133. The molecule has 7 heteroatoms. The van der Waals surface area contributed by atoms with E-state index < -0.39 is 10.0 Å². The first-order valence-corrected chi connectivity index (χ1v) is 8.36. The maximum absolute atomic E-state index is 12.1. The summed E-state index contributed by atoms with van der Waals surface area (Å²) in [5.74, 6) is 0. The van der Waals surface area contributed by atoms with E-state index in [0.29, 0.717) is 31.0 Å². The van der Waals surface area contributed by atoms with Gasteiger partial charge in [-0.15, -0.1) is 0 Å². The van der Waals surface area contributed by atoms with Crippen molar-refractivity contribution >= 4 is 10.0 Å². The first-order chi connectivity index (χ1) is 9.51. The van der Waals surface area contributed by atoms with Gasteiger partial charge in [-0.05, 0) is 26.0 Å². The van der Waals surface area contributed by atoms with Gasteiger partial charge in [0.1, 0.15) is 0 Å². The average Bonchev–Trinajstić information content (AvgIpc) is 2.77. The van der Waals surface area contributed by atoms with Gasteiger partial charge in [-0.25, -0.2) is 13.1 Å². The summed E-state index contributed by atoms with van der Waals surface area (Å²) in [6.07, 6.45) is 3.28. The standard InChI is InChI=1S/C13H25N3O3S/c1-4-7-19-8-5-6-15-20(17,18)13-9-12(10-14-2)16(3)11-13/h9,11,14-15H,4-8,10H2,1-3H3. The molecule has 0 aromatic carbocycles. The van der Waals surface area contributed by atoms with Gasteiger partial charge < -0.3 is 14.6 Å². The maximum atomic E-state index is 12.1. The van der Waals surface area contributed by atoms with Crippen molar-refractivity contribution < 1.29 is 13.2 Å². The van der Waals surface area contributed by atoms with Crippen LogP contribution in [-0.4, -0.2) is 39.8 Å². The molecule has 20 heavy (non-hydrogen) atoms. The highest BCUT2D eigenvalue weighted by atomic mass is 32.2. The van der Waals surface area contributed by atoms with Gasteiger partial charge in [0, 0.05) is 45.2 Å². The quantitative estimate of drug-likeness (QED) is 0.628. The highest BCUT2D eigenvalue weighted by Gasteiger charge is 2.16. The van der Waals surface area contributed by atoms with Crippen molar-refractivity contribution in [2.45, 2.75) is 31.2 Å². The van der Waals surface area contributed by atoms with Crippen molar-refractivity contribution in [3.05, 3.63) is 18.0 Å². The van der Waals surface area contributed by atoms with E-state index >= 15 is 0 Å². The number of nitrogens with zero attached hydrogens (tertiary/aromatic N) is 1. The van der Waals surface area contributed by atoms with E-state index in [1.165, 1.54) is 0 Å². The second-order valence-corrected chi connectivity index (χ2v) is 6.44. The van der Waals surface area contributed by atoms with Gasteiger partial charge in [0.25, 0.3) is 0 Å². The van der Waals surface area contributed by atoms with E-state index in [9.17, 15) is 8.42 Å². The third-order valence-electron chi connectivity index (χ3n) is 2.86. The van der Waals surface area contributed by atoms with Crippen LogP contribution in [0.1, 0.15) is 25.5 Å². The molecule has 0 aliphatic carbocycles. The molecule has 0 unspecified atom stereocenters. The molecule has 2 N–H and O–H groups in total. The summed E-state index contributed by atoms with van der Waals surface area (Å²) in [5.41, 5.74) is 0.930. The van der Waals surface area contributed by atoms with Gasteiger partial charge >= 0.3 is 0 Å². The Hall–Kier alpha value is -0.890. The molecule has 0 atom stereocenters. The lowest BCUT2D eigenvalue weighted by atomic mass is 10.4. The third kappa shape index (κ3) is 5.24. The zero-order valence-corrected chi connectivity index (χ0v) is 13.3. The van der Waals surface area contributed by atoms with Gasteiger partial charge in [0.05, 0.1) is 4.90 Å². The smallest absolute Gasteiger partial charge is 0.242 e. The Morgan fingerprint density at radius 2 is 2.10 bits per heavy atom. The van der Waals surface area contributed by atoms with Crippen LogP contribution in [0.5, 0.6) is 0 Å². The SMILES string of the molecule is CCCOCCCNS(=O)(=O)c1cc(CNC)n(C)c1. The number of aromatic nitrogens is 1. The highest BCUT2D eigenvalue weighted by molar-refractivity contribution is 7.89. The Bertz CT molecular complexity index is 497. The largest absolute Gasteiger partial charge is 0.381 e. The summed E-state index contributed by atoms with van der Waals surface area (Å²) in [7, 11) is 0.239. The fraction of sp³-hybridized carbons (Fsp3) is 0.692. The molecule has 0 spiro atoms. The minimum atomic E-state index is -3.43. The molecule has 0 aliphatic rings. The second-order valence-electron chi connectivity index (χ2n) is 4.67. The van der Waals surface area contributed by atoms with Crippen LogP contribution in [0.2, 0.25) is 0 Å². The average molecular weight is 303 g/mol. The second kappa shape index (κ2) is 8.41. The fourth-order valence-electron chi connectivity index (χ4n) is 1.79. The molecule has 0 saturated carbocycles. The van der Waals surface area contributed by atoms with Gasteiger partial charge in [0.2, 0.25) is 10.0 Å². The van der Waals surface area contributed by atoms with E-state index in [-0.39, 0.29) is 0 Å². The molecule has 1 heterocycles. The molecule has 0 aliphatic heterocycles. The first kappa shape index (κ1) is 17.2. The van der Waals surface area contributed by atoms with Crippen LogP contribution >= 0.6 is 0 Å². The van der Waals surface area contributed by atoms with Crippen molar-refractivity contribution in [1.82, 2.24) is 14.6 Å². The van der Waals surface area contributed by atoms with E-state index in [0.717, 1.165) is 18.7 Å². The fourth-order valence-corrected chi connectivity index (χ4v) is 2.96. The number of rotatable bonds is 10. The summed E-state index contributed by atoms with van der Waals surface area (Å²) in [6.45, 7) is 4.37. The number of hydrogen-bond donors (Lipinski definition) is 2. The van der Waals surface area contributed by atoms with Crippen LogP contribution < -0.4 is 10.0 Å². The molecule has 1 aromatic rings. The molecule has 0 radical (unpaired) electrons. The van der Waals surface area contributed by atoms with Crippen LogP contribution in [0.4, 0.5) is 0 Å². The molecule has 116 valence electrons. The van der Waals surface area contributed by atoms with E-state index in [1.54, 1.807) is 12.3 Å². The minimum Gasteiger partial charge on any atom is -0.381 e.